The molecule has 0 aromatic heterocycles. The van der Waals surface area contributed by atoms with Gasteiger partial charge in [-0.25, -0.2) is 4.79 Å². The summed E-state index contributed by atoms with van der Waals surface area (Å²) in [6.45, 7) is 0.860. The minimum atomic E-state index is -0.772. The second-order valence-corrected chi connectivity index (χ2v) is 6.90. The zero-order valence-electron chi connectivity index (χ0n) is 18.1. The van der Waals surface area contributed by atoms with Crippen molar-refractivity contribution in [3.05, 3.63) is 74.1 Å². The molecule has 0 bridgehead atoms. The van der Waals surface area contributed by atoms with E-state index in [-0.39, 0.29) is 29.0 Å². The molecular weight excluding hydrogens is 432 g/mol. The molecule has 174 valence electrons. The highest BCUT2D eigenvalue weighted by molar-refractivity contribution is 5.93. The van der Waals surface area contributed by atoms with Gasteiger partial charge in [0.25, 0.3) is 5.69 Å². The number of hydrogen-bond acceptors (Lipinski definition) is 8. The predicted octanol–water partition coefficient (Wildman–Crippen LogP) is 4.78. The zero-order valence-corrected chi connectivity index (χ0v) is 18.1. The minimum Gasteiger partial charge on any atom is -0.494 e. The summed E-state index contributed by atoms with van der Waals surface area (Å²) in [5.74, 6) is -1.04. The van der Waals surface area contributed by atoms with Crippen LogP contribution < -0.4 is 9.47 Å². The van der Waals surface area contributed by atoms with Crippen LogP contribution in [0.4, 0.5) is 5.69 Å². The first-order valence-electron chi connectivity index (χ1n) is 10.2. The van der Waals surface area contributed by atoms with Crippen LogP contribution in [-0.2, 0) is 16.0 Å². The number of para-hydroxylation sites is 1. The molecule has 0 aliphatic heterocycles. The minimum absolute atomic E-state index is 0.00451. The first-order chi connectivity index (χ1) is 16.0. The van der Waals surface area contributed by atoms with Crippen molar-refractivity contribution in [3.8, 4) is 11.5 Å². The van der Waals surface area contributed by atoms with Crippen molar-refractivity contribution in [1.82, 2.24) is 0 Å². The number of nitro benzene ring substituents is 1. The monoisotopic (exact) mass is 456 g/mol. The molecule has 33 heavy (non-hydrogen) atoms. The van der Waals surface area contributed by atoms with E-state index in [9.17, 15) is 19.7 Å². The van der Waals surface area contributed by atoms with Crippen molar-refractivity contribution in [1.29, 1.82) is 0 Å². The Kier molecular flexibility index (Phi) is 10.2. The smallest absolute Gasteiger partial charge is 0.341 e. The quantitative estimate of drug-likeness (QED) is 0.0614. The standard InChI is InChI=1S/C22H24N4O7/c1-31-22(28)18-8-4-5-9-20(18)33-21(27)15-16-14-17(10-11-19(16)26(29)30)32-13-7-3-2-6-12-24-25-23/h4-5,8-11,14H,2-3,6-7,12-13,15H2,1H3. The van der Waals surface area contributed by atoms with Gasteiger partial charge in [-0.2, -0.15) is 0 Å². The summed E-state index contributed by atoms with van der Waals surface area (Å²) in [5, 5.41) is 14.9. The lowest BCUT2D eigenvalue weighted by atomic mass is 10.1. The van der Waals surface area contributed by atoms with Gasteiger partial charge >= 0.3 is 11.9 Å². The third kappa shape index (κ3) is 8.15. The molecule has 0 saturated carbocycles. The predicted molar refractivity (Wildman–Crippen MR) is 118 cm³/mol. The summed E-state index contributed by atoms with van der Waals surface area (Å²) in [6.07, 6.45) is 2.95. The van der Waals surface area contributed by atoms with Crippen molar-refractivity contribution in [2.75, 3.05) is 20.3 Å². The van der Waals surface area contributed by atoms with Crippen LogP contribution in [0.5, 0.6) is 11.5 Å². The number of benzene rings is 2. The van der Waals surface area contributed by atoms with Crippen LogP contribution in [0.1, 0.15) is 41.6 Å². The van der Waals surface area contributed by atoms with Gasteiger partial charge in [0, 0.05) is 23.1 Å². The number of esters is 2. The van der Waals surface area contributed by atoms with Crippen LogP contribution in [0.2, 0.25) is 0 Å². The van der Waals surface area contributed by atoms with Crippen molar-refractivity contribution >= 4 is 17.6 Å². The maximum absolute atomic E-state index is 12.5. The number of carbonyl (C=O) groups is 2. The van der Waals surface area contributed by atoms with E-state index < -0.39 is 16.9 Å². The number of methoxy groups -OCH3 is 1. The van der Waals surface area contributed by atoms with E-state index in [4.69, 9.17) is 15.0 Å². The SMILES string of the molecule is COC(=O)c1ccccc1OC(=O)Cc1cc(OCCCCCCN=[N+]=[N-])ccc1[N+](=O)[O-]. The van der Waals surface area contributed by atoms with E-state index in [0.717, 1.165) is 25.7 Å². The van der Waals surface area contributed by atoms with Crippen molar-refractivity contribution < 1.29 is 28.7 Å². The van der Waals surface area contributed by atoms with Crippen molar-refractivity contribution in [2.45, 2.75) is 32.1 Å². The molecule has 2 aromatic rings. The van der Waals surface area contributed by atoms with Gasteiger partial charge in [-0.1, -0.05) is 30.1 Å². The number of nitro groups is 1. The van der Waals surface area contributed by atoms with Crippen LogP contribution in [0.3, 0.4) is 0 Å². The van der Waals surface area contributed by atoms with Gasteiger partial charge in [0.1, 0.15) is 17.1 Å². The third-order valence-electron chi connectivity index (χ3n) is 4.58. The van der Waals surface area contributed by atoms with Gasteiger partial charge in [-0.05, 0) is 42.6 Å². The lowest BCUT2D eigenvalue weighted by molar-refractivity contribution is -0.385. The maximum atomic E-state index is 12.5. The molecule has 2 aromatic carbocycles. The Bertz CT molecular complexity index is 1040. The molecule has 0 amide bonds. The van der Waals surface area contributed by atoms with Gasteiger partial charge in [0.15, 0.2) is 0 Å². The fourth-order valence-corrected chi connectivity index (χ4v) is 2.99. The number of azide groups is 1. The Balaban J connectivity index is 2.00. The second-order valence-electron chi connectivity index (χ2n) is 6.90. The number of hydrogen-bond donors (Lipinski definition) is 0. The van der Waals surface area contributed by atoms with Gasteiger partial charge in [0.05, 0.1) is 25.1 Å². The number of unbranched alkanes of at least 4 members (excludes halogenated alkanes) is 3. The summed E-state index contributed by atoms with van der Waals surface area (Å²) >= 11 is 0. The van der Waals surface area contributed by atoms with Crippen LogP contribution in [0, 0.1) is 10.1 Å². The van der Waals surface area contributed by atoms with Gasteiger partial charge < -0.3 is 14.2 Å². The number of ether oxygens (including phenoxy) is 3. The lowest BCUT2D eigenvalue weighted by Gasteiger charge is -2.10. The molecule has 0 heterocycles. The lowest BCUT2D eigenvalue weighted by Crippen LogP contribution is -2.15. The van der Waals surface area contributed by atoms with Crippen LogP contribution in [0.15, 0.2) is 47.6 Å². The summed E-state index contributed by atoms with van der Waals surface area (Å²) in [4.78, 5) is 37.8. The Hall–Kier alpha value is -4.11. The fourth-order valence-electron chi connectivity index (χ4n) is 2.99. The Morgan fingerprint density at radius 1 is 1.12 bits per heavy atom. The van der Waals surface area contributed by atoms with Crippen LogP contribution >= 0.6 is 0 Å². The molecule has 2 rings (SSSR count). The average Bonchev–Trinajstić information content (AvgIpc) is 2.80. The molecule has 0 radical (unpaired) electrons. The van der Waals surface area contributed by atoms with Crippen molar-refractivity contribution in [2.24, 2.45) is 5.11 Å². The highest BCUT2D eigenvalue weighted by Gasteiger charge is 2.21. The molecule has 0 atom stereocenters. The van der Waals surface area contributed by atoms with E-state index in [1.807, 2.05) is 0 Å². The Labute approximate surface area is 190 Å². The zero-order chi connectivity index (χ0) is 24.1. The number of carbonyl (C=O) groups excluding carboxylic acids is 2. The first kappa shape index (κ1) is 25.2. The maximum Gasteiger partial charge on any atom is 0.341 e. The van der Waals surface area contributed by atoms with Gasteiger partial charge in [-0.15, -0.1) is 0 Å². The second kappa shape index (κ2) is 13.3. The Morgan fingerprint density at radius 3 is 2.61 bits per heavy atom. The molecular formula is C22H24N4O7. The van der Waals surface area contributed by atoms with Gasteiger partial charge in [-0.3, -0.25) is 14.9 Å². The van der Waals surface area contributed by atoms with Gasteiger partial charge in [0.2, 0.25) is 0 Å². The summed E-state index contributed by atoms with van der Waals surface area (Å²) in [7, 11) is 1.21. The van der Waals surface area contributed by atoms with Crippen LogP contribution in [-0.4, -0.2) is 37.1 Å². The van der Waals surface area contributed by atoms with E-state index in [1.165, 1.54) is 37.4 Å². The highest BCUT2D eigenvalue weighted by Crippen LogP contribution is 2.26. The number of nitrogens with zero attached hydrogens (tertiary/aromatic N) is 4. The average molecular weight is 456 g/mol. The number of rotatable bonds is 13. The summed E-state index contributed by atoms with van der Waals surface area (Å²) < 4.78 is 15.6. The topological polar surface area (TPSA) is 154 Å². The normalized spacial score (nSPS) is 10.1. The molecule has 0 unspecified atom stereocenters. The Morgan fingerprint density at radius 2 is 1.88 bits per heavy atom. The molecule has 0 N–H and O–H groups in total. The first-order valence-corrected chi connectivity index (χ1v) is 10.2. The highest BCUT2D eigenvalue weighted by atomic mass is 16.6. The molecule has 0 aliphatic carbocycles. The van der Waals surface area contributed by atoms with E-state index in [1.54, 1.807) is 12.1 Å². The fraction of sp³-hybridized carbons (Fsp3) is 0.364. The summed E-state index contributed by atoms with van der Waals surface area (Å²) in [6, 6.07) is 10.2. The molecule has 0 aliphatic rings. The largest absolute Gasteiger partial charge is 0.494 e. The third-order valence-corrected chi connectivity index (χ3v) is 4.58. The van der Waals surface area contributed by atoms with Crippen molar-refractivity contribution in [3.63, 3.8) is 0 Å². The molecule has 0 saturated heterocycles. The summed E-state index contributed by atoms with van der Waals surface area (Å²) in [5.41, 5.74) is 8.19. The van der Waals surface area contributed by atoms with E-state index >= 15 is 0 Å². The molecule has 11 nitrogen and oxygen atoms in total. The molecule has 0 spiro atoms. The van der Waals surface area contributed by atoms with Crippen LogP contribution in [0.25, 0.3) is 10.4 Å². The molecule has 0 fully saturated rings. The van der Waals surface area contributed by atoms with E-state index in [0.29, 0.717) is 18.9 Å². The molecule has 11 heteroatoms. The van der Waals surface area contributed by atoms with E-state index in [2.05, 4.69) is 14.8 Å².